The molecule has 16 heavy (non-hydrogen) atoms. The summed E-state index contributed by atoms with van der Waals surface area (Å²) in [7, 11) is 1.40. The number of aryl methyl sites for hydroxylation is 1. The standard InChI is InChI=1S/C11H16N2O3/c1-7-12-10(16-13-7)9(11(14)15-2)8-5-3-4-6-8/h8-9H,3-6H2,1-2H3. The number of hydrogen-bond donors (Lipinski definition) is 0. The molecule has 0 aliphatic heterocycles. The minimum atomic E-state index is -0.381. The first-order valence-electron chi connectivity index (χ1n) is 5.60. The fraction of sp³-hybridized carbons (Fsp3) is 0.727. The highest BCUT2D eigenvalue weighted by Gasteiger charge is 2.36. The number of methoxy groups -OCH3 is 1. The van der Waals surface area contributed by atoms with E-state index in [0.717, 1.165) is 25.7 Å². The Bertz CT molecular complexity index is 369. The highest BCUT2D eigenvalue weighted by molar-refractivity contribution is 5.77. The van der Waals surface area contributed by atoms with Crippen LogP contribution in [0.1, 0.15) is 43.3 Å². The van der Waals surface area contributed by atoms with Gasteiger partial charge in [0.1, 0.15) is 5.92 Å². The fourth-order valence-corrected chi connectivity index (χ4v) is 2.35. The summed E-state index contributed by atoms with van der Waals surface area (Å²) in [6, 6.07) is 0. The smallest absolute Gasteiger partial charge is 0.318 e. The molecule has 0 N–H and O–H groups in total. The highest BCUT2D eigenvalue weighted by Crippen LogP contribution is 2.37. The monoisotopic (exact) mass is 224 g/mol. The number of carbonyl (C=O) groups excluding carboxylic acids is 1. The van der Waals surface area contributed by atoms with Crippen molar-refractivity contribution in [2.75, 3.05) is 7.11 Å². The molecular weight excluding hydrogens is 208 g/mol. The third kappa shape index (κ3) is 2.08. The van der Waals surface area contributed by atoms with Gasteiger partial charge in [-0.2, -0.15) is 4.98 Å². The Hall–Kier alpha value is -1.39. The average Bonchev–Trinajstić information content (AvgIpc) is 2.91. The van der Waals surface area contributed by atoms with Gasteiger partial charge in [0.05, 0.1) is 7.11 Å². The first kappa shape index (κ1) is 11.1. The van der Waals surface area contributed by atoms with Crippen LogP contribution >= 0.6 is 0 Å². The predicted molar refractivity (Wildman–Crippen MR) is 55.8 cm³/mol. The number of ether oxygens (including phenoxy) is 1. The first-order valence-corrected chi connectivity index (χ1v) is 5.60. The van der Waals surface area contributed by atoms with E-state index in [-0.39, 0.29) is 17.8 Å². The minimum Gasteiger partial charge on any atom is -0.468 e. The Labute approximate surface area is 94.2 Å². The molecule has 1 heterocycles. The van der Waals surface area contributed by atoms with Gasteiger partial charge in [-0.05, 0) is 25.7 Å². The van der Waals surface area contributed by atoms with Crippen molar-refractivity contribution < 1.29 is 14.1 Å². The van der Waals surface area contributed by atoms with Crippen molar-refractivity contribution in [3.8, 4) is 0 Å². The van der Waals surface area contributed by atoms with Crippen molar-refractivity contribution >= 4 is 5.97 Å². The zero-order valence-corrected chi connectivity index (χ0v) is 9.60. The van der Waals surface area contributed by atoms with Crippen LogP contribution in [-0.2, 0) is 9.53 Å². The summed E-state index contributed by atoms with van der Waals surface area (Å²) in [5.41, 5.74) is 0. The van der Waals surface area contributed by atoms with E-state index in [2.05, 4.69) is 10.1 Å². The average molecular weight is 224 g/mol. The molecule has 1 aromatic heterocycles. The largest absolute Gasteiger partial charge is 0.468 e. The first-order chi connectivity index (χ1) is 7.72. The number of aromatic nitrogens is 2. The molecule has 88 valence electrons. The van der Waals surface area contributed by atoms with E-state index >= 15 is 0 Å². The van der Waals surface area contributed by atoms with Crippen LogP contribution in [0.25, 0.3) is 0 Å². The maximum atomic E-state index is 11.8. The van der Waals surface area contributed by atoms with Crippen molar-refractivity contribution in [3.05, 3.63) is 11.7 Å². The van der Waals surface area contributed by atoms with Gasteiger partial charge in [-0.15, -0.1) is 0 Å². The lowest BCUT2D eigenvalue weighted by Gasteiger charge is -2.16. The predicted octanol–water partition coefficient (Wildman–Crippen LogP) is 1.82. The summed E-state index contributed by atoms with van der Waals surface area (Å²) < 4.78 is 9.92. The van der Waals surface area contributed by atoms with E-state index in [1.807, 2.05) is 0 Å². The van der Waals surface area contributed by atoms with E-state index < -0.39 is 0 Å². The van der Waals surface area contributed by atoms with Crippen molar-refractivity contribution in [2.45, 2.75) is 38.5 Å². The van der Waals surface area contributed by atoms with Crippen LogP contribution < -0.4 is 0 Å². The number of esters is 1. The zero-order valence-electron chi connectivity index (χ0n) is 9.60. The number of nitrogens with zero attached hydrogens (tertiary/aromatic N) is 2. The molecule has 0 aromatic carbocycles. The molecule has 1 atom stereocenters. The van der Waals surface area contributed by atoms with Crippen LogP contribution in [0.3, 0.4) is 0 Å². The molecular formula is C11H16N2O3. The summed E-state index contributed by atoms with van der Waals surface area (Å²) in [4.78, 5) is 15.9. The molecule has 2 rings (SSSR count). The van der Waals surface area contributed by atoms with E-state index in [1.165, 1.54) is 7.11 Å². The minimum absolute atomic E-state index is 0.268. The van der Waals surface area contributed by atoms with E-state index in [9.17, 15) is 4.79 Å². The van der Waals surface area contributed by atoms with Crippen molar-refractivity contribution in [1.29, 1.82) is 0 Å². The Balaban J connectivity index is 2.23. The number of carbonyl (C=O) groups is 1. The maximum absolute atomic E-state index is 11.8. The molecule has 1 fully saturated rings. The topological polar surface area (TPSA) is 65.2 Å². The van der Waals surface area contributed by atoms with Crippen molar-refractivity contribution in [2.24, 2.45) is 5.92 Å². The van der Waals surface area contributed by atoms with Crippen LogP contribution in [0.4, 0.5) is 0 Å². The Morgan fingerprint density at radius 3 is 2.69 bits per heavy atom. The molecule has 0 radical (unpaired) electrons. The van der Waals surface area contributed by atoms with Gasteiger partial charge in [-0.3, -0.25) is 4.79 Å². The van der Waals surface area contributed by atoms with E-state index in [1.54, 1.807) is 6.92 Å². The summed E-state index contributed by atoms with van der Waals surface area (Å²) in [5.74, 6) is 0.592. The lowest BCUT2D eigenvalue weighted by molar-refractivity contribution is -0.144. The zero-order chi connectivity index (χ0) is 11.5. The second-order valence-corrected chi connectivity index (χ2v) is 4.23. The Morgan fingerprint density at radius 1 is 1.50 bits per heavy atom. The molecule has 0 saturated heterocycles. The SMILES string of the molecule is COC(=O)C(c1nc(C)no1)C1CCCC1. The van der Waals surface area contributed by atoms with Gasteiger partial charge in [-0.25, -0.2) is 0 Å². The van der Waals surface area contributed by atoms with Gasteiger partial charge in [0.2, 0.25) is 5.89 Å². The van der Waals surface area contributed by atoms with Gasteiger partial charge in [0.25, 0.3) is 0 Å². The Morgan fingerprint density at radius 2 is 2.19 bits per heavy atom. The van der Waals surface area contributed by atoms with Crippen LogP contribution in [0.5, 0.6) is 0 Å². The van der Waals surface area contributed by atoms with Crippen LogP contribution in [0, 0.1) is 12.8 Å². The van der Waals surface area contributed by atoms with Gasteiger partial charge < -0.3 is 9.26 Å². The van der Waals surface area contributed by atoms with Gasteiger partial charge >= 0.3 is 5.97 Å². The maximum Gasteiger partial charge on any atom is 0.318 e. The second kappa shape index (κ2) is 4.63. The van der Waals surface area contributed by atoms with Crippen LogP contribution in [0.15, 0.2) is 4.52 Å². The summed E-state index contributed by atoms with van der Waals surface area (Å²) in [6.45, 7) is 1.75. The Kier molecular flexibility index (Phi) is 3.22. The lowest BCUT2D eigenvalue weighted by Crippen LogP contribution is -2.21. The molecule has 0 bridgehead atoms. The molecule has 1 aliphatic rings. The van der Waals surface area contributed by atoms with Gasteiger partial charge in [0.15, 0.2) is 5.82 Å². The van der Waals surface area contributed by atoms with E-state index in [0.29, 0.717) is 11.7 Å². The van der Waals surface area contributed by atoms with Crippen molar-refractivity contribution in [1.82, 2.24) is 10.1 Å². The molecule has 1 aliphatic carbocycles. The fourth-order valence-electron chi connectivity index (χ4n) is 2.35. The van der Waals surface area contributed by atoms with E-state index in [4.69, 9.17) is 9.26 Å². The number of hydrogen-bond acceptors (Lipinski definition) is 5. The molecule has 5 heteroatoms. The second-order valence-electron chi connectivity index (χ2n) is 4.23. The van der Waals surface area contributed by atoms with Crippen molar-refractivity contribution in [3.63, 3.8) is 0 Å². The summed E-state index contributed by atoms with van der Waals surface area (Å²) >= 11 is 0. The molecule has 1 saturated carbocycles. The third-order valence-electron chi connectivity index (χ3n) is 3.14. The number of rotatable bonds is 3. The quantitative estimate of drug-likeness (QED) is 0.733. The highest BCUT2D eigenvalue weighted by atomic mass is 16.5. The molecule has 1 unspecified atom stereocenters. The summed E-state index contributed by atoms with van der Waals surface area (Å²) in [6.07, 6.45) is 4.37. The molecule has 0 spiro atoms. The van der Waals surface area contributed by atoms with Gasteiger partial charge in [0, 0.05) is 0 Å². The van der Waals surface area contributed by atoms with Gasteiger partial charge in [-0.1, -0.05) is 18.0 Å². The molecule has 0 amide bonds. The van der Waals surface area contributed by atoms with Crippen LogP contribution in [-0.4, -0.2) is 23.2 Å². The van der Waals surface area contributed by atoms with Crippen LogP contribution in [0.2, 0.25) is 0 Å². The molecule has 5 nitrogen and oxygen atoms in total. The normalized spacial score (nSPS) is 18.6. The lowest BCUT2D eigenvalue weighted by atomic mass is 9.91. The summed E-state index contributed by atoms with van der Waals surface area (Å²) in [5, 5.41) is 3.73. The molecule has 1 aromatic rings. The third-order valence-corrected chi connectivity index (χ3v) is 3.14.